The first-order chi connectivity index (χ1) is 8.68. The lowest BCUT2D eigenvalue weighted by atomic mass is 10.0. The number of carbonyl (C=O) groups excluding carboxylic acids is 1. The molecule has 106 valence electrons. The van der Waals surface area contributed by atoms with Crippen LogP contribution in [0.3, 0.4) is 0 Å². The first kappa shape index (κ1) is 15.9. The largest absolute Gasteiger partial charge is 0.350 e. The van der Waals surface area contributed by atoms with Crippen molar-refractivity contribution in [2.24, 2.45) is 0 Å². The Morgan fingerprint density at radius 1 is 1.58 bits per heavy atom. The second-order valence-electron chi connectivity index (χ2n) is 4.98. The second-order valence-corrected chi connectivity index (χ2v) is 4.98. The minimum absolute atomic E-state index is 0. The van der Waals surface area contributed by atoms with Crippen LogP contribution in [0.15, 0.2) is 12.5 Å². The Hall–Kier alpha value is -1.20. The molecule has 2 rings (SSSR count). The Morgan fingerprint density at radius 3 is 3.00 bits per heavy atom. The Morgan fingerprint density at radius 2 is 2.37 bits per heavy atom. The Balaban J connectivity index is 0.00000180. The molecule has 0 saturated carbocycles. The molecule has 2 N–H and O–H groups in total. The number of halogens is 1. The van der Waals surface area contributed by atoms with Gasteiger partial charge in [0.15, 0.2) is 0 Å². The number of carbonyl (C=O) groups is 1. The van der Waals surface area contributed by atoms with E-state index in [4.69, 9.17) is 0 Å². The zero-order chi connectivity index (χ0) is 13.0. The molecule has 1 saturated heterocycles. The molecule has 19 heavy (non-hydrogen) atoms. The van der Waals surface area contributed by atoms with E-state index in [0.717, 1.165) is 18.7 Å². The molecule has 1 atom stereocenters. The molecule has 1 unspecified atom stereocenters. The molecule has 1 aliphatic heterocycles. The number of aromatic nitrogens is 2. The lowest BCUT2D eigenvalue weighted by Gasteiger charge is -2.13. The van der Waals surface area contributed by atoms with Gasteiger partial charge in [-0.15, -0.1) is 12.4 Å². The number of hydrogen-bond donors (Lipinski definition) is 2. The number of amides is 1. The molecule has 0 aromatic carbocycles. The van der Waals surface area contributed by atoms with Crippen molar-refractivity contribution >= 4 is 18.3 Å². The average molecular weight is 285 g/mol. The van der Waals surface area contributed by atoms with Gasteiger partial charge in [0, 0.05) is 18.8 Å². The molecular formula is C13H21ClN4O. The van der Waals surface area contributed by atoms with Crippen LogP contribution in [-0.4, -0.2) is 35.0 Å². The highest BCUT2D eigenvalue weighted by Gasteiger charge is 2.18. The lowest BCUT2D eigenvalue weighted by Crippen LogP contribution is -2.37. The highest BCUT2D eigenvalue weighted by Crippen LogP contribution is 2.15. The van der Waals surface area contributed by atoms with E-state index in [1.54, 1.807) is 6.20 Å². The molecule has 5 nitrogen and oxygen atoms in total. The Labute approximate surface area is 120 Å². The summed E-state index contributed by atoms with van der Waals surface area (Å²) < 4.78 is 0. The number of hydrogen-bond acceptors (Lipinski definition) is 4. The molecule has 1 aromatic heterocycles. The van der Waals surface area contributed by atoms with Crippen LogP contribution in [-0.2, 0) is 0 Å². The van der Waals surface area contributed by atoms with Crippen LogP contribution in [0.1, 0.15) is 48.7 Å². The summed E-state index contributed by atoms with van der Waals surface area (Å²) in [5.41, 5.74) is 1.40. The van der Waals surface area contributed by atoms with E-state index in [-0.39, 0.29) is 24.2 Å². The van der Waals surface area contributed by atoms with Crippen LogP contribution >= 0.6 is 12.4 Å². The van der Waals surface area contributed by atoms with E-state index in [1.165, 1.54) is 12.7 Å². The summed E-state index contributed by atoms with van der Waals surface area (Å²) in [6.07, 6.45) is 5.40. The third-order valence-electron chi connectivity index (χ3n) is 3.21. The van der Waals surface area contributed by atoms with Crippen LogP contribution in [0.5, 0.6) is 0 Å². The number of nitrogens with one attached hydrogen (secondary N) is 2. The van der Waals surface area contributed by atoms with Crippen molar-refractivity contribution in [1.82, 2.24) is 20.6 Å². The van der Waals surface area contributed by atoms with E-state index in [1.807, 2.05) is 13.8 Å². The maximum absolute atomic E-state index is 12.1. The molecule has 2 heterocycles. The summed E-state index contributed by atoms with van der Waals surface area (Å²) in [4.78, 5) is 20.2. The summed E-state index contributed by atoms with van der Waals surface area (Å²) in [5, 5.41) is 6.31. The molecule has 0 aliphatic carbocycles. The molecule has 1 aromatic rings. The molecule has 0 radical (unpaired) electrons. The minimum Gasteiger partial charge on any atom is -0.350 e. The van der Waals surface area contributed by atoms with E-state index >= 15 is 0 Å². The second kappa shape index (κ2) is 7.40. The quantitative estimate of drug-likeness (QED) is 0.879. The molecule has 1 amide bonds. The molecular weight excluding hydrogens is 264 g/mol. The Bertz CT molecular complexity index is 419. The lowest BCUT2D eigenvalue weighted by molar-refractivity contribution is 0.0948. The fraction of sp³-hybridized carbons (Fsp3) is 0.615. The maximum Gasteiger partial charge on any atom is 0.254 e. The predicted octanol–water partition coefficient (Wildman–Crippen LogP) is 1.50. The van der Waals surface area contributed by atoms with Gasteiger partial charge in [-0.3, -0.25) is 4.79 Å². The van der Waals surface area contributed by atoms with Gasteiger partial charge in [-0.25, -0.2) is 9.97 Å². The van der Waals surface area contributed by atoms with Gasteiger partial charge >= 0.3 is 0 Å². The molecule has 0 spiro atoms. The van der Waals surface area contributed by atoms with Crippen molar-refractivity contribution < 1.29 is 4.79 Å². The van der Waals surface area contributed by atoms with Crippen molar-refractivity contribution in [3.05, 3.63) is 23.8 Å². The first-order valence-corrected chi connectivity index (χ1v) is 6.50. The standard InChI is InChI=1S/C13H20N4O.ClH/c1-9(2)12-11(7-14-8-17-12)13(18)16-6-10-4-3-5-15-10;/h7-10,15H,3-6H2,1-2H3,(H,16,18);1H. The molecule has 6 heteroatoms. The van der Waals surface area contributed by atoms with Crippen molar-refractivity contribution in [2.45, 2.75) is 38.6 Å². The van der Waals surface area contributed by atoms with Gasteiger partial charge in [0.05, 0.1) is 11.3 Å². The van der Waals surface area contributed by atoms with Gasteiger partial charge in [0.25, 0.3) is 5.91 Å². The van der Waals surface area contributed by atoms with Crippen LogP contribution in [0.4, 0.5) is 0 Å². The van der Waals surface area contributed by atoms with Crippen LogP contribution in [0, 0.1) is 0 Å². The van der Waals surface area contributed by atoms with Crippen molar-refractivity contribution in [3.63, 3.8) is 0 Å². The molecule has 1 aliphatic rings. The molecule has 0 bridgehead atoms. The van der Waals surface area contributed by atoms with Crippen LogP contribution in [0.25, 0.3) is 0 Å². The van der Waals surface area contributed by atoms with Gasteiger partial charge in [0.1, 0.15) is 6.33 Å². The van der Waals surface area contributed by atoms with Gasteiger partial charge in [-0.1, -0.05) is 13.8 Å². The zero-order valence-electron chi connectivity index (χ0n) is 11.3. The van der Waals surface area contributed by atoms with E-state index in [9.17, 15) is 4.79 Å². The summed E-state index contributed by atoms with van der Waals surface area (Å²) in [6, 6.07) is 0.404. The maximum atomic E-state index is 12.1. The normalized spacial score (nSPS) is 18.2. The number of rotatable bonds is 4. The van der Waals surface area contributed by atoms with E-state index < -0.39 is 0 Å². The third-order valence-corrected chi connectivity index (χ3v) is 3.21. The van der Waals surface area contributed by atoms with Crippen molar-refractivity contribution in [1.29, 1.82) is 0 Å². The first-order valence-electron chi connectivity index (χ1n) is 6.50. The summed E-state index contributed by atoms with van der Waals surface area (Å²) in [6.45, 7) is 5.77. The average Bonchev–Trinajstić information content (AvgIpc) is 2.89. The summed E-state index contributed by atoms with van der Waals surface area (Å²) in [5.74, 6) is 0.145. The van der Waals surface area contributed by atoms with Crippen LogP contribution < -0.4 is 10.6 Å². The van der Waals surface area contributed by atoms with Gasteiger partial charge in [-0.2, -0.15) is 0 Å². The number of nitrogens with zero attached hydrogens (tertiary/aromatic N) is 2. The Kier molecular flexibility index (Phi) is 6.18. The minimum atomic E-state index is -0.0759. The van der Waals surface area contributed by atoms with E-state index in [2.05, 4.69) is 20.6 Å². The zero-order valence-corrected chi connectivity index (χ0v) is 12.2. The summed E-state index contributed by atoms with van der Waals surface area (Å²) in [7, 11) is 0. The van der Waals surface area contributed by atoms with Gasteiger partial charge in [0.2, 0.25) is 0 Å². The van der Waals surface area contributed by atoms with Crippen molar-refractivity contribution in [3.8, 4) is 0 Å². The smallest absolute Gasteiger partial charge is 0.254 e. The summed E-state index contributed by atoms with van der Waals surface area (Å²) >= 11 is 0. The highest BCUT2D eigenvalue weighted by atomic mass is 35.5. The molecule has 1 fully saturated rings. The van der Waals surface area contributed by atoms with Gasteiger partial charge < -0.3 is 10.6 Å². The fourth-order valence-corrected chi connectivity index (χ4v) is 2.22. The predicted molar refractivity (Wildman–Crippen MR) is 76.7 cm³/mol. The topological polar surface area (TPSA) is 66.9 Å². The van der Waals surface area contributed by atoms with Gasteiger partial charge in [-0.05, 0) is 25.3 Å². The highest BCUT2D eigenvalue weighted by molar-refractivity contribution is 5.95. The fourth-order valence-electron chi connectivity index (χ4n) is 2.22. The van der Waals surface area contributed by atoms with Crippen molar-refractivity contribution in [2.75, 3.05) is 13.1 Å². The van der Waals surface area contributed by atoms with E-state index in [0.29, 0.717) is 18.2 Å². The monoisotopic (exact) mass is 284 g/mol. The SMILES string of the molecule is CC(C)c1ncncc1C(=O)NCC1CCCN1.Cl. The third kappa shape index (κ3) is 4.14. The van der Waals surface area contributed by atoms with Crippen LogP contribution in [0.2, 0.25) is 0 Å².